The normalized spacial score (nSPS) is 12.2. The minimum atomic E-state index is 0.0540. The number of ether oxygens (including phenoxy) is 1. The summed E-state index contributed by atoms with van der Waals surface area (Å²) in [5, 5.41) is 14.0. The number of nitrogens with one attached hydrogen (secondary N) is 1. The first-order chi connectivity index (χ1) is 10.0. The SMILES string of the molecule is COc1ccccc1[C@H](C)NCc1cc(Cl)cc(Cl)c1O. The Balaban J connectivity index is 2.13. The van der Waals surface area contributed by atoms with Gasteiger partial charge in [0.15, 0.2) is 0 Å². The van der Waals surface area contributed by atoms with Gasteiger partial charge in [0.2, 0.25) is 0 Å². The molecule has 0 unspecified atom stereocenters. The van der Waals surface area contributed by atoms with E-state index in [-0.39, 0.29) is 16.8 Å². The zero-order valence-corrected chi connectivity index (χ0v) is 13.4. The number of rotatable bonds is 5. The van der Waals surface area contributed by atoms with Crippen LogP contribution in [-0.4, -0.2) is 12.2 Å². The lowest BCUT2D eigenvalue weighted by atomic mass is 10.1. The molecule has 112 valence electrons. The number of halogens is 2. The summed E-state index contributed by atoms with van der Waals surface area (Å²) < 4.78 is 5.35. The first kappa shape index (κ1) is 16.0. The third kappa shape index (κ3) is 3.82. The lowest BCUT2D eigenvalue weighted by Gasteiger charge is -2.18. The van der Waals surface area contributed by atoms with Crippen LogP contribution in [0.4, 0.5) is 0 Å². The zero-order chi connectivity index (χ0) is 15.4. The van der Waals surface area contributed by atoms with Crippen molar-refractivity contribution in [2.24, 2.45) is 0 Å². The second kappa shape index (κ2) is 7.03. The van der Waals surface area contributed by atoms with Crippen molar-refractivity contribution in [1.29, 1.82) is 0 Å². The van der Waals surface area contributed by atoms with Crippen molar-refractivity contribution < 1.29 is 9.84 Å². The van der Waals surface area contributed by atoms with Crippen LogP contribution in [0, 0.1) is 0 Å². The molecule has 0 bridgehead atoms. The van der Waals surface area contributed by atoms with Crippen molar-refractivity contribution in [3.8, 4) is 11.5 Å². The third-order valence-corrected chi connectivity index (χ3v) is 3.82. The molecule has 2 aromatic carbocycles. The van der Waals surface area contributed by atoms with Gasteiger partial charge in [-0.2, -0.15) is 0 Å². The van der Waals surface area contributed by atoms with E-state index in [1.165, 1.54) is 6.07 Å². The average Bonchev–Trinajstić information content (AvgIpc) is 2.49. The Morgan fingerprint density at radius 1 is 1.24 bits per heavy atom. The largest absolute Gasteiger partial charge is 0.506 e. The quantitative estimate of drug-likeness (QED) is 0.846. The summed E-state index contributed by atoms with van der Waals surface area (Å²) in [6.07, 6.45) is 0. The maximum atomic E-state index is 9.95. The highest BCUT2D eigenvalue weighted by Gasteiger charge is 2.13. The highest BCUT2D eigenvalue weighted by atomic mass is 35.5. The molecule has 0 aliphatic heterocycles. The summed E-state index contributed by atoms with van der Waals surface area (Å²) in [5.74, 6) is 0.881. The van der Waals surface area contributed by atoms with Crippen molar-refractivity contribution >= 4 is 23.2 Å². The van der Waals surface area contributed by atoms with Gasteiger partial charge >= 0.3 is 0 Å². The summed E-state index contributed by atoms with van der Waals surface area (Å²) in [6, 6.07) is 11.1. The van der Waals surface area contributed by atoms with E-state index in [9.17, 15) is 5.11 Å². The van der Waals surface area contributed by atoms with E-state index < -0.39 is 0 Å². The summed E-state index contributed by atoms with van der Waals surface area (Å²) in [4.78, 5) is 0. The van der Waals surface area contributed by atoms with Crippen LogP contribution in [0.3, 0.4) is 0 Å². The molecule has 2 N–H and O–H groups in total. The molecule has 3 nitrogen and oxygen atoms in total. The molecule has 2 aromatic rings. The van der Waals surface area contributed by atoms with Crippen molar-refractivity contribution in [3.05, 3.63) is 57.6 Å². The van der Waals surface area contributed by atoms with Crippen LogP contribution < -0.4 is 10.1 Å². The summed E-state index contributed by atoms with van der Waals surface area (Å²) in [6.45, 7) is 2.48. The van der Waals surface area contributed by atoms with Crippen LogP contribution in [0.25, 0.3) is 0 Å². The van der Waals surface area contributed by atoms with Crippen LogP contribution in [0.2, 0.25) is 10.0 Å². The Morgan fingerprint density at radius 3 is 2.67 bits per heavy atom. The molecule has 5 heteroatoms. The maximum Gasteiger partial charge on any atom is 0.138 e. The van der Waals surface area contributed by atoms with Crippen molar-refractivity contribution in [1.82, 2.24) is 5.32 Å². The lowest BCUT2D eigenvalue weighted by Crippen LogP contribution is -2.18. The number of hydrogen-bond acceptors (Lipinski definition) is 3. The number of benzene rings is 2. The molecule has 1 atom stereocenters. The molecule has 0 saturated heterocycles. The van der Waals surface area contributed by atoms with Gasteiger partial charge in [-0.25, -0.2) is 0 Å². The van der Waals surface area contributed by atoms with Crippen LogP contribution in [0.5, 0.6) is 11.5 Å². The lowest BCUT2D eigenvalue weighted by molar-refractivity contribution is 0.401. The molecule has 2 rings (SSSR count). The van der Waals surface area contributed by atoms with Gasteiger partial charge in [-0.05, 0) is 25.1 Å². The number of phenolic OH excluding ortho intramolecular Hbond substituents is 1. The standard InChI is InChI=1S/C16H17Cl2NO2/c1-10(13-5-3-4-6-15(13)21-2)19-9-11-7-12(17)8-14(18)16(11)20/h3-8,10,19-20H,9H2,1-2H3/t10-/m0/s1. The third-order valence-electron chi connectivity index (χ3n) is 3.31. The Morgan fingerprint density at radius 2 is 1.95 bits per heavy atom. The van der Waals surface area contributed by atoms with E-state index in [1.54, 1.807) is 13.2 Å². The van der Waals surface area contributed by atoms with Gasteiger partial charge in [0, 0.05) is 28.7 Å². The molecule has 0 saturated carbocycles. The predicted molar refractivity (Wildman–Crippen MR) is 86.4 cm³/mol. The first-order valence-corrected chi connectivity index (χ1v) is 7.31. The van der Waals surface area contributed by atoms with Crippen LogP contribution in [0.15, 0.2) is 36.4 Å². The number of aromatic hydroxyl groups is 1. The zero-order valence-electron chi connectivity index (χ0n) is 11.9. The predicted octanol–water partition coefficient (Wildman–Crippen LogP) is 4.56. The molecule has 0 aliphatic rings. The molecule has 0 heterocycles. The molecule has 0 aliphatic carbocycles. The smallest absolute Gasteiger partial charge is 0.138 e. The second-order valence-electron chi connectivity index (χ2n) is 4.74. The van der Waals surface area contributed by atoms with Crippen molar-refractivity contribution in [2.75, 3.05) is 7.11 Å². The minimum absolute atomic E-state index is 0.0540. The van der Waals surface area contributed by atoms with E-state index in [1.807, 2.05) is 31.2 Å². The van der Waals surface area contributed by atoms with E-state index in [0.29, 0.717) is 17.1 Å². The molecule has 0 spiro atoms. The van der Waals surface area contributed by atoms with Crippen LogP contribution in [-0.2, 0) is 6.54 Å². The Hall–Kier alpha value is -1.42. The summed E-state index contributed by atoms with van der Waals surface area (Å²) in [7, 11) is 1.65. The van der Waals surface area contributed by atoms with Gasteiger partial charge in [-0.1, -0.05) is 41.4 Å². The number of methoxy groups -OCH3 is 1. The van der Waals surface area contributed by atoms with Gasteiger partial charge in [0.25, 0.3) is 0 Å². The van der Waals surface area contributed by atoms with Gasteiger partial charge in [-0.15, -0.1) is 0 Å². The average molecular weight is 326 g/mol. The monoisotopic (exact) mass is 325 g/mol. The topological polar surface area (TPSA) is 41.5 Å². The first-order valence-electron chi connectivity index (χ1n) is 6.56. The number of phenols is 1. The molecule has 0 aromatic heterocycles. The van der Waals surface area contributed by atoms with E-state index in [2.05, 4.69) is 5.32 Å². The van der Waals surface area contributed by atoms with Crippen LogP contribution in [0.1, 0.15) is 24.1 Å². The molecule has 0 fully saturated rings. The fraction of sp³-hybridized carbons (Fsp3) is 0.250. The van der Waals surface area contributed by atoms with Crippen molar-refractivity contribution in [3.63, 3.8) is 0 Å². The summed E-state index contributed by atoms with van der Waals surface area (Å²) >= 11 is 11.9. The van der Waals surface area contributed by atoms with Gasteiger partial charge < -0.3 is 15.2 Å². The Kier molecular flexibility index (Phi) is 5.34. The number of para-hydroxylation sites is 1. The van der Waals surface area contributed by atoms with Gasteiger partial charge in [0.1, 0.15) is 11.5 Å². The fourth-order valence-electron chi connectivity index (χ4n) is 2.15. The molecule has 21 heavy (non-hydrogen) atoms. The maximum absolute atomic E-state index is 9.95. The van der Waals surface area contributed by atoms with Gasteiger partial charge in [0.05, 0.1) is 12.1 Å². The Labute approximate surface area is 134 Å². The minimum Gasteiger partial charge on any atom is -0.506 e. The highest BCUT2D eigenvalue weighted by molar-refractivity contribution is 6.35. The van der Waals surface area contributed by atoms with Crippen LogP contribution >= 0.6 is 23.2 Å². The highest BCUT2D eigenvalue weighted by Crippen LogP contribution is 2.32. The van der Waals surface area contributed by atoms with Crippen molar-refractivity contribution in [2.45, 2.75) is 19.5 Å². The Bertz CT molecular complexity index is 632. The van der Waals surface area contributed by atoms with E-state index in [0.717, 1.165) is 11.3 Å². The molecular formula is C16H17Cl2NO2. The molecular weight excluding hydrogens is 309 g/mol. The number of hydrogen-bond donors (Lipinski definition) is 2. The van der Waals surface area contributed by atoms with Gasteiger partial charge in [-0.3, -0.25) is 0 Å². The molecule has 0 radical (unpaired) electrons. The van der Waals surface area contributed by atoms with E-state index >= 15 is 0 Å². The van der Waals surface area contributed by atoms with E-state index in [4.69, 9.17) is 27.9 Å². The fourth-order valence-corrected chi connectivity index (χ4v) is 2.69. The molecule has 0 amide bonds. The summed E-state index contributed by atoms with van der Waals surface area (Å²) in [5.41, 5.74) is 1.71. The second-order valence-corrected chi connectivity index (χ2v) is 5.58.